The predicted octanol–water partition coefficient (Wildman–Crippen LogP) is 2.63. The molecule has 102 valence electrons. The lowest BCUT2D eigenvalue weighted by Gasteiger charge is -2.45. The van der Waals surface area contributed by atoms with E-state index in [1.807, 2.05) is 12.2 Å². The molecule has 0 radical (unpaired) electrons. The molecule has 0 saturated heterocycles. The molecule has 4 heteroatoms. The molecule has 0 heterocycles. The van der Waals surface area contributed by atoms with Crippen LogP contribution < -0.4 is 5.32 Å². The van der Waals surface area contributed by atoms with Crippen molar-refractivity contribution in [1.82, 2.24) is 10.2 Å². The number of hydrogen-bond donors (Lipinski definition) is 2. The van der Waals surface area contributed by atoms with E-state index in [0.717, 1.165) is 38.8 Å². The van der Waals surface area contributed by atoms with Gasteiger partial charge in [-0.3, -0.25) is 4.90 Å². The summed E-state index contributed by atoms with van der Waals surface area (Å²) in [4.78, 5) is 13.0. The predicted molar refractivity (Wildman–Crippen MR) is 73.8 cm³/mol. The molecule has 1 rings (SSSR count). The Morgan fingerprint density at radius 3 is 2.28 bits per heavy atom. The fourth-order valence-corrected chi connectivity index (χ4v) is 2.70. The zero-order valence-corrected chi connectivity index (χ0v) is 11.2. The van der Waals surface area contributed by atoms with E-state index in [1.165, 1.54) is 0 Å². The van der Waals surface area contributed by atoms with Crippen molar-refractivity contribution in [3.05, 3.63) is 25.3 Å². The lowest BCUT2D eigenvalue weighted by atomic mass is 9.79. The molecular weight excluding hydrogens is 228 g/mol. The highest BCUT2D eigenvalue weighted by molar-refractivity contribution is 5.64. The molecule has 4 nitrogen and oxygen atoms in total. The summed E-state index contributed by atoms with van der Waals surface area (Å²) in [5.41, 5.74) is 0.124. The van der Waals surface area contributed by atoms with E-state index < -0.39 is 6.09 Å². The summed E-state index contributed by atoms with van der Waals surface area (Å²) in [6, 6.07) is 0.102. The average Bonchev–Trinajstić information content (AvgIpc) is 2.32. The van der Waals surface area contributed by atoms with E-state index in [1.54, 1.807) is 0 Å². The number of amides is 1. The van der Waals surface area contributed by atoms with Gasteiger partial charge >= 0.3 is 6.09 Å². The topological polar surface area (TPSA) is 52.6 Å². The molecule has 0 aliphatic heterocycles. The van der Waals surface area contributed by atoms with Gasteiger partial charge in [-0.2, -0.15) is 0 Å². The van der Waals surface area contributed by atoms with Gasteiger partial charge in [-0.15, -0.1) is 13.2 Å². The molecule has 1 saturated carbocycles. The Labute approximate surface area is 109 Å². The summed E-state index contributed by atoms with van der Waals surface area (Å²) in [5, 5.41) is 11.3. The number of nitrogens with zero attached hydrogens (tertiary/aromatic N) is 1. The number of carboxylic acid groups (broad SMARTS) is 1. The van der Waals surface area contributed by atoms with Crippen molar-refractivity contribution in [1.29, 1.82) is 0 Å². The first-order valence-electron chi connectivity index (χ1n) is 6.48. The van der Waals surface area contributed by atoms with E-state index in [-0.39, 0.29) is 11.6 Å². The van der Waals surface area contributed by atoms with Gasteiger partial charge in [0.1, 0.15) is 0 Å². The van der Waals surface area contributed by atoms with Gasteiger partial charge in [-0.25, -0.2) is 4.79 Å². The molecule has 0 aromatic rings. The van der Waals surface area contributed by atoms with Gasteiger partial charge in [0.15, 0.2) is 0 Å². The quantitative estimate of drug-likeness (QED) is 0.714. The molecule has 18 heavy (non-hydrogen) atoms. The summed E-state index contributed by atoms with van der Waals surface area (Å²) in [6.45, 7) is 11.5. The minimum absolute atomic E-state index is 0.102. The van der Waals surface area contributed by atoms with Crippen LogP contribution in [-0.2, 0) is 0 Å². The van der Waals surface area contributed by atoms with Gasteiger partial charge in [0.2, 0.25) is 0 Å². The summed E-state index contributed by atoms with van der Waals surface area (Å²) >= 11 is 0. The minimum Gasteiger partial charge on any atom is -0.465 e. The first-order valence-corrected chi connectivity index (χ1v) is 6.48. The Morgan fingerprint density at radius 2 is 1.89 bits per heavy atom. The number of hydrogen-bond acceptors (Lipinski definition) is 2. The van der Waals surface area contributed by atoms with E-state index in [9.17, 15) is 4.79 Å². The molecule has 0 aromatic heterocycles. The van der Waals surface area contributed by atoms with Gasteiger partial charge < -0.3 is 10.4 Å². The largest absolute Gasteiger partial charge is 0.465 e. The van der Waals surface area contributed by atoms with Crippen molar-refractivity contribution < 1.29 is 9.90 Å². The van der Waals surface area contributed by atoms with Crippen LogP contribution in [0.4, 0.5) is 4.79 Å². The van der Waals surface area contributed by atoms with Crippen LogP contribution in [0.15, 0.2) is 25.3 Å². The second-order valence-corrected chi connectivity index (χ2v) is 5.20. The Kier molecular flexibility index (Phi) is 5.41. The second-order valence-electron chi connectivity index (χ2n) is 5.20. The van der Waals surface area contributed by atoms with Crippen LogP contribution >= 0.6 is 0 Å². The van der Waals surface area contributed by atoms with Crippen molar-refractivity contribution in [3.63, 3.8) is 0 Å². The normalized spacial score (nSPS) is 27.8. The van der Waals surface area contributed by atoms with Gasteiger partial charge in [0.25, 0.3) is 0 Å². The van der Waals surface area contributed by atoms with Crippen LogP contribution in [-0.4, -0.2) is 40.8 Å². The third-order valence-corrected chi connectivity index (χ3v) is 3.85. The molecule has 0 aromatic carbocycles. The summed E-state index contributed by atoms with van der Waals surface area (Å²) in [7, 11) is 0. The third kappa shape index (κ3) is 3.88. The molecule has 0 atom stereocenters. The Balaban J connectivity index is 2.57. The van der Waals surface area contributed by atoms with Crippen LogP contribution in [0.25, 0.3) is 0 Å². The van der Waals surface area contributed by atoms with Gasteiger partial charge in [0.05, 0.1) is 0 Å². The van der Waals surface area contributed by atoms with Crippen LogP contribution in [0.3, 0.4) is 0 Å². The van der Waals surface area contributed by atoms with E-state index in [0.29, 0.717) is 0 Å². The van der Waals surface area contributed by atoms with E-state index in [2.05, 4.69) is 30.3 Å². The van der Waals surface area contributed by atoms with Gasteiger partial charge in [0, 0.05) is 24.7 Å². The smallest absolute Gasteiger partial charge is 0.404 e. The average molecular weight is 252 g/mol. The van der Waals surface area contributed by atoms with Crippen LogP contribution in [0.2, 0.25) is 0 Å². The van der Waals surface area contributed by atoms with Crippen molar-refractivity contribution in [2.45, 2.75) is 44.2 Å². The molecule has 1 fully saturated rings. The Bertz CT molecular complexity index is 297. The number of rotatable bonds is 6. The fraction of sp³-hybridized carbons (Fsp3) is 0.643. The lowest BCUT2D eigenvalue weighted by Crippen LogP contribution is -2.51. The number of carbonyl (C=O) groups is 1. The molecule has 0 unspecified atom stereocenters. The minimum atomic E-state index is -0.919. The van der Waals surface area contributed by atoms with Gasteiger partial charge in [-0.1, -0.05) is 12.2 Å². The standard InChI is InChI=1S/C14H24N2O2/c1-4-10-16(11-5-2)14(3)8-6-12(7-9-14)15-13(17)18/h4-5,12,15H,1-2,6-11H2,3H3,(H,17,18). The monoisotopic (exact) mass is 252 g/mol. The highest BCUT2D eigenvalue weighted by Gasteiger charge is 2.35. The highest BCUT2D eigenvalue weighted by Crippen LogP contribution is 2.33. The maximum absolute atomic E-state index is 10.6. The summed E-state index contributed by atoms with van der Waals surface area (Å²) < 4.78 is 0. The molecule has 0 bridgehead atoms. The Hall–Kier alpha value is -1.29. The van der Waals surface area contributed by atoms with Crippen molar-refractivity contribution in [3.8, 4) is 0 Å². The highest BCUT2D eigenvalue weighted by atomic mass is 16.4. The maximum atomic E-state index is 10.6. The fourth-order valence-electron chi connectivity index (χ4n) is 2.70. The maximum Gasteiger partial charge on any atom is 0.404 e. The molecule has 1 aliphatic rings. The van der Waals surface area contributed by atoms with Gasteiger partial charge in [-0.05, 0) is 32.6 Å². The van der Waals surface area contributed by atoms with Crippen LogP contribution in [0, 0.1) is 0 Å². The third-order valence-electron chi connectivity index (χ3n) is 3.85. The van der Waals surface area contributed by atoms with Crippen LogP contribution in [0.5, 0.6) is 0 Å². The zero-order chi connectivity index (χ0) is 13.6. The zero-order valence-electron chi connectivity index (χ0n) is 11.2. The summed E-state index contributed by atoms with van der Waals surface area (Å²) in [6.07, 6.45) is 6.70. The molecule has 2 N–H and O–H groups in total. The molecular formula is C14H24N2O2. The van der Waals surface area contributed by atoms with Crippen molar-refractivity contribution in [2.75, 3.05) is 13.1 Å². The molecule has 1 amide bonds. The Morgan fingerprint density at radius 1 is 1.39 bits per heavy atom. The molecule has 0 spiro atoms. The van der Waals surface area contributed by atoms with Crippen molar-refractivity contribution >= 4 is 6.09 Å². The second kappa shape index (κ2) is 6.59. The lowest BCUT2D eigenvalue weighted by molar-refractivity contribution is 0.0778. The van der Waals surface area contributed by atoms with E-state index >= 15 is 0 Å². The first kappa shape index (κ1) is 14.8. The number of nitrogens with one attached hydrogen (secondary N) is 1. The van der Waals surface area contributed by atoms with Crippen molar-refractivity contribution in [2.24, 2.45) is 0 Å². The van der Waals surface area contributed by atoms with Crippen LogP contribution in [0.1, 0.15) is 32.6 Å². The molecule has 1 aliphatic carbocycles. The van der Waals surface area contributed by atoms with E-state index in [4.69, 9.17) is 5.11 Å². The first-order chi connectivity index (χ1) is 8.51. The summed E-state index contributed by atoms with van der Waals surface area (Å²) in [5.74, 6) is 0. The SMILES string of the molecule is C=CCN(CC=C)C1(C)CCC(NC(=O)O)CC1.